The van der Waals surface area contributed by atoms with Crippen molar-refractivity contribution >= 4 is 17.3 Å². The van der Waals surface area contributed by atoms with Crippen LogP contribution < -0.4 is 16.6 Å². The van der Waals surface area contributed by atoms with Gasteiger partial charge in [0.15, 0.2) is 0 Å². The van der Waals surface area contributed by atoms with Crippen molar-refractivity contribution in [1.82, 2.24) is 4.98 Å². The molecule has 1 aromatic carbocycles. The first-order chi connectivity index (χ1) is 9.10. The summed E-state index contributed by atoms with van der Waals surface area (Å²) < 4.78 is 0. The molecule has 1 aromatic heterocycles. The van der Waals surface area contributed by atoms with Gasteiger partial charge in [0.05, 0.1) is 11.9 Å². The minimum absolute atomic E-state index is 0.244. The Kier molecular flexibility index (Phi) is 3.77. The summed E-state index contributed by atoms with van der Waals surface area (Å²) in [6.07, 6.45) is 1.51. The van der Waals surface area contributed by atoms with E-state index in [1.165, 1.54) is 11.8 Å². The van der Waals surface area contributed by atoms with E-state index in [1.807, 2.05) is 32.0 Å². The summed E-state index contributed by atoms with van der Waals surface area (Å²) in [5, 5.41) is 2.81. The fraction of sp³-hybridized carbons (Fsp3) is 0.143. The Bertz CT molecular complexity index is 593. The van der Waals surface area contributed by atoms with Gasteiger partial charge in [-0.3, -0.25) is 10.6 Å². The van der Waals surface area contributed by atoms with Crippen LogP contribution in [-0.2, 0) is 0 Å². The van der Waals surface area contributed by atoms with Crippen LogP contribution >= 0.6 is 0 Å². The van der Waals surface area contributed by atoms with Gasteiger partial charge in [-0.15, -0.1) is 0 Å². The average Bonchev–Trinajstić information content (AvgIpc) is 2.43. The summed E-state index contributed by atoms with van der Waals surface area (Å²) in [6.45, 7) is 4.03. The number of aromatic nitrogens is 1. The molecule has 0 atom stereocenters. The molecule has 1 heterocycles. The molecular formula is C14H16N4O. The summed E-state index contributed by atoms with van der Waals surface area (Å²) >= 11 is 0. The predicted octanol–water partition coefficient (Wildman–Crippen LogP) is 2.24. The zero-order valence-electron chi connectivity index (χ0n) is 10.9. The molecule has 4 N–H and O–H groups in total. The van der Waals surface area contributed by atoms with E-state index >= 15 is 0 Å². The van der Waals surface area contributed by atoms with E-state index in [-0.39, 0.29) is 5.91 Å². The Morgan fingerprint density at radius 2 is 1.84 bits per heavy atom. The van der Waals surface area contributed by atoms with Crippen LogP contribution in [0.25, 0.3) is 0 Å². The van der Waals surface area contributed by atoms with E-state index in [0.717, 1.165) is 11.3 Å². The Labute approximate surface area is 111 Å². The third-order valence-electron chi connectivity index (χ3n) is 2.93. The summed E-state index contributed by atoms with van der Waals surface area (Å²) in [5.41, 5.74) is 6.54. The number of benzene rings is 1. The van der Waals surface area contributed by atoms with Gasteiger partial charge in [0.25, 0.3) is 5.91 Å². The first kappa shape index (κ1) is 13.0. The molecule has 5 heteroatoms. The van der Waals surface area contributed by atoms with E-state index in [0.29, 0.717) is 11.4 Å². The molecular weight excluding hydrogens is 240 g/mol. The topological polar surface area (TPSA) is 80.0 Å². The van der Waals surface area contributed by atoms with Gasteiger partial charge in [-0.25, -0.2) is 4.98 Å². The fourth-order valence-electron chi connectivity index (χ4n) is 1.63. The summed E-state index contributed by atoms with van der Waals surface area (Å²) in [5.74, 6) is 5.00. The fourth-order valence-corrected chi connectivity index (χ4v) is 1.63. The number of nitrogens with zero attached hydrogens (tertiary/aromatic N) is 1. The number of pyridine rings is 1. The SMILES string of the molecule is Cc1ccc(NC(=O)c2ccc(NN)cn2)cc1C. The Morgan fingerprint density at radius 3 is 2.42 bits per heavy atom. The lowest BCUT2D eigenvalue weighted by Gasteiger charge is -2.07. The highest BCUT2D eigenvalue weighted by Gasteiger charge is 2.07. The molecule has 2 aromatic rings. The number of hydrogen-bond donors (Lipinski definition) is 3. The van der Waals surface area contributed by atoms with Gasteiger partial charge in [0, 0.05) is 5.69 Å². The Hall–Kier alpha value is -2.40. The molecule has 0 spiro atoms. The normalized spacial score (nSPS) is 10.1. The lowest BCUT2D eigenvalue weighted by molar-refractivity contribution is 0.102. The zero-order valence-corrected chi connectivity index (χ0v) is 10.9. The average molecular weight is 256 g/mol. The van der Waals surface area contributed by atoms with Crippen molar-refractivity contribution in [3.63, 3.8) is 0 Å². The van der Waals surface area contributed by atoms with Gasteiger partial charge in [0.2, 0.25) is 0 Å². The van der Waals surface area contributed by atoms with E-state index in [2.05, 4.69) is 15.7 Å². The number of carbonyl (C=O) groups excluding carboxylic acids is 1. The van der Waals surface area contributed by atoms with E-state index < -0.39 is 0 Å². The maximum absolute atomic E-state index is 12.0. The van der Waals surface area contributed by atoms with Crippen LogP contribution in [0.3, 0.4) is 0 Å². The molecule has 98 valence electrons. The molecule has 0 saturated heterocycles. The Balaban J connectivity index is 2.13. The van der Waals surface area contributed by atoms with Crippen molar-refractivity contribution in [3.05, 3.63) is 53.3 Å². The number of aryl methyl sites for hydroxylation is 2. The van der Waals surface area contributed by atoms with Crippen LogP contribution in [0, 0.1) is 13.8 Å². The molecule has 19 heavy (non-hydrogen) atoms. The first-order valence-corrected chi connectivity index (χ1v) is 5.91. The molecule has 5 nitrogen and oxygen atoms in total. The molecule has 2 rings (SSSR count). The van der Waals surface area contributed by atoms with E-state index in [9.17, 15) is 4.79 Å². The number of nitrogens with two attached hydrogens (primary N) is 1. The van der Waals surface area contributed by atoms with Gasteiger partial charge in [-0.2, -0.15) is 0 Å². The minimum atomic E-state index is -0.244. The molecule has 0 aliphatic rings. The van der Waals surface area contributed by atoms with Crippen molar-refractivity contribution in [2.45, 2.75) is 13.8 Å². The van der Waals surface area contributed by atoms with E-state index in [1.54, 1.807) is 12.1 Å². The molecule has 0 fully saturated rings. The van der Waals surface area contributed by atoms with Crippen LogP contribution in [-0.4, -0.2) is 10.9 Å². The maximum atomic E-state index is 12.0. The van der Waals surface area contributed by atoms with Gasteiger partial charge in [0.1, 0.15) is 5.69 Å². The smallest absolute Gasteiger partial charge is 0.274 e. The lowest BCUT2D eigenvalue weighted by Crippen LogP contribution is -2.14. The zero-order chi connectivity index (χ0) is 13.8. The second-order valence-corrected chi connectivity index (χ2v) is 4.33. The number of anilines is 2. The summed E-state index contributed by atoms with van der Waals surface area (Å²) in [6, 6.07) is 9.09. The van der Waals surface area contributed by atoms with Gasteiger partial charge < -0.3 is 10.7 Å². The largest absolute Gasteiger partial charge is 0.323 e. The highest BCUT2D eigenvalue weighted by molar-refractivity contribution is 6.03. The second-order valence-electron chi connectivity index (χ2n) is 4.33. The van der Waals surface area contributed by atoms with Crippen LogP contribution in [0.1, 0.15) is 21.6 Å². The number of hydrogen-bond acceptors (Lipinski definition) is 4. The monoisotopic (exact) mass is 256 g/mol. The number of nitrogens with one attached hydrogen (secondary N) is 2. The number of carbonyl (C=O) groups is 1. The number of hydrazine groups is 1. The predicted molar refractivity (Wildman–Crippen MR) is 75.9 cm³/mol. The minimum Gasteiger partial charge on any atom is -0.323 e. The van der Waals surface area contributed by atoms with Crippen LogP contribution in [0.15, 0.2) is 36.5 Å². The molecule has 0 bridgehead atoms. The number of amides is 1. The highest BCUT2D eigenvalue weighted by atomic mass is 16.1. The van der Waals surface area contributed by atoms with Gasteiger partial charge in [-0.1, -0.05) is 6.07 Å². The van der Waals surface area contributed by atoms with Crippen LogP contribution in [0.5, 0.6) is 0 Å². The summed E-state index contributed by atoms with van der Waals surface area (Å²) in [7, 11) is 0. The van der Waals surface area contributed by atoms with Crippen molar-refractivity contribution < 1.29 is 4.79 Å². The van der Waals surface area contributed by atoms with Gasteiger partial charge in [-0.05, 0) is 49.2 Å². The molecule has 0 saturated carbocycles. The molecule has 0 aliphatic heterocycles. The number of nitrogen functional groups attached to an aromatic ring is 1. The third-order valence-corrected chi connectivity index (χ3v) is 2.93. The van der Waals surface area contributed by atoms with E-state index in [4.69, 9.17) is 5.84 Å². The van der Waals surface area contributed by atoms with Crippen LogP contribution in [0.4, 0.5) is 11.4 Å². The highest BCUT2D eigenvalue weighted by Crippen LogP contribution is 2.15. The molecule has 0 unspecified atom stereocenters. The maximum Gasteiger partial charge on any atom is 0.274 e. The third kappa shape index (κ3) is 3.08. The van der Waals surface area contributed by atoms with Gasteiger partial charge >= 0.3 is 0 Å². The molecule has 1 amide bonds. The van der Waals surface area contributed by atoms with Crippen molar-refractivity contribution in [1.29, 1.82) is 0 Å². The molecule has 0 radical (unpaired) electrons. The van der Waals surface area contributed by atoms with Crippen LogP contribution in [0.2, 0.25) is 0 Å². The summed E-state index contributed by atoms with van der Waals surface area (Å²) in [4.78, 5) is 16.0. The van der Waals surface area contributed by atoms with Crippen molar-refractivity contribution in [2.75, 3.05) is 10.7 Å². The second kappa shape index (κ2) is 5.49. The lowest BCUT2D eigenvalue weighted by atomic mass is 10.1. The Morgan fingerprint density at radius 1 is 1.11 bits per heavy atom. The van der Waals surface area contributed by atoms with Crippen molar-refractivity contribution in [2.24, 2.45) is 5.84 Å². The van der Waals surface area contributed by atoms with Crippen molar-refractivity contribution in [3.8, 4) is 0 Å². The standard InChI is InChI=1S/C14H16N4O/c1-9-3-4-11(7-10(9)2)17-14(19)13-6-5-12(18-15)8-16-13/h3-8,18H,15H2,1-2H3,(H,17,19). The molecule has 0 aliphatic carbocycles. The first-order valence-electron chi connectivity index (χ1n) is 5.91. The number of rotatable bonds is 3. The quantitative estimate of drug-likeness (QED) is 0.581.